The van der Waals surface area contributed by atoms with Gasteiger partial charge in [0, 0.05) is 12.8 Å². The van der Waals surface area contributed by atoms with Crippen molar-refractivity contribution in [2.75, 3.05) is 13.2 Å². The minimum absolute atomic E-state index is 0.209. The second-order valence-corrected chi connectivity index (χ2v) is 6.83. The van der Waals surface area contributed by atoms with Crippen molar-refractivity contribution in [1.82, 2.24) is 0 Å². The largest absolute Gasteiger partial charge is 0.436 e. The number of rotatable bonds is 18. The van der Waals surface area contributed by atoms with E-state index in [2.05, 4.69) is 13.8 Å². The van der Waals surface area contributed by atoms with Gasteiger partial charge in [-0.1, -0.05) is 46.0 Å². The van der Waals surface area contributed by atoms with E-state index in [4.69, 9.17) is 18.9 Å². The van der Waals surface area contributed by atoms with E-state index in [-0.39, 0.29) is 11.9 Å². The van der Waals surface area contributed by atoms with E-state index in [0.717, 1.165) is 57.8 Å². The van der Waals surface area contributed by atoms with Crippen molar-refractivity contribution < 1.29 is 28.5 Å². The zero-order valence-corrected chi connectivity index (χ0v) is 17.8. The van der Waals surface area contributed by atoms with E-state index in [1.807, 2.05) is 0 Å². The van der Waals surface area contributed by atoms with Crippen molar-refractivity contribution in [1.29, 1.82) is 0 Å². The maximum absolute atomic E-state index is 11.7. The summed E-state index contributed by atoms with van der Waals surface area (Å²) >= 11 is 0. The molecule has 0 aromatic carbocycles. The average Bonchev–Trinajstić information content (AvgIpc) is 2.61. The number of unbranched alkanes of at least 4 members (excludes halogenated alkanes) is 6. The lowest BCUT2D eigenvalue weighted by atomic mass is 10.1. The molecular formula is C21H40O6. The summed E-state index contributed by atoms with van der Waals surface area (Å²) in [5.74, 6) is -0.417. The Morgan fingerprint density at radius 3 is 1.37 bits per heavy atom. The van der Waals surface area contributed by atoms with Crippen molar-refractivity contribution in [2.45, 2.75) is 111 Å². The topological polar surface area (TPSA) is 71.1 Å². The average molecular weight is 389 g/mol. The van der Waals surface area contributed by atoms with E-state index in [1.54, 1.807) is 13.8 Å². The van der Waals surface area contributed by atoms with E-state index >= 15 is 0 Å². The summed E-state index contributed by atoms with van der Waals surface area (Å²) < 4.78 is 21.2. The van der Waals surface area contributed by atoms with Crippen LogP contribution in [0.3, 0.4) is 0 Å². The van der Waals surface area contributed by atoms with E-state index in [9.17, 15) is 9.59 Å². The Bertz CT molecular complexity index is 338. The molecule has 0 aromatic heterocycles. The highest BCUT2D eigenvalue weighted by Crippen LogP contribution is 2.10. The second kappa shape index (κ2) is 18.2. The molecule has 0 aliphatic rings. The molecule has 0 radical (unpaired) electrons. The van der Waals surface area contributed by atoms with Crippen LogP contribution >= 0.6 is 0 Å². The van der Waals surface area contributed by atoms with Crippen LogP contribution < -0.4 is 0 Å². The zero-order valence-electron chi connectivity index (χ0n) is 17.8. The predicted molar refractivity (Wildman–Crippen MR) is 105 cm³/mol. The first-order valence-corrected chi connectivity index (χ1v) is 10.6. The van der Waals surface area contributed by atoms with Crippen molar-refractivity contribution in [2.24, 2.45) is 0 Å². The van der Waals surface area contributed by atoms with Gasteiger partial charge in [0.15, 0.2) is 12.6 Å². The molecule has 6 nitrogen and oxygen atoms in total. The van der Waals surface area contributed by atoms with E-state index in [1.165, 1.54) is 0 Å². The molecule has 0 spiro atoms. The van der Waals surface area contributed by atoms with Gasteiger partial charge in [-0.05, 0) is 39.5 Å². The minimum atomic E-state index is -0.469. The second-order valence-electron chi connectivity index (χ2n) is 6.83. The highest BCUT2D eigenvalue weighted by atomic mass is 16.7. The van der Waals surface area contributed by atoms with Gasteiger partial charge in [0.1, 0.15) is 0 Å². The summed E-state index contributed by atoms with van der Waals surface area (Å²) in [5, 5.41) is 0. The maximum atomic E-state index is 11.7. The lowest BCUT2D eigenvalue weighted by Crippen LogP contribution is -2.18. The smallest absolute Gasteiger partial charge is 0.308 e. The third-order valence-corrected chi connectivity index (χ3v) is 4.06. The molecule has 0 amide bonds. The monoisotopic (exact) mass is 388 g/mol. The van der Waals surface area contributed by atoms with Crippen LogP contribution in [0.25, 0.3) is 0 Å². The number of hydrogen-bond donors (Lipinski definition) is 0. The molecule has 6 heteroatoms. The summed E-state index contributed by atoms with van der Waals surface area (Å²) in [6.07, 6.45) is 8.44. The number of ether oxygens (including phenoxy) is 4. The van der Waals surface area contributed by atoms with Crippen LogP contribution in [0.5, 0.6) is 0 Å². The van der Waals surface area contributed by atoms with Crippen LogP contribution in [-0.4, -0.2) is 37.7 Å². The van der Waals surface area contributed by atoms with Crippen LogP contribution in [0.2, 0.25) is 0 Å². The first-order valence-electron chi connectivity index (χ1n) is 10.6. The summed E-state index contributed by atoms with van der Waals surface area (Å²) in [6, 6.07) is 0. The maximum Gasteiger partial charge on any atom is 0.308 e. The first-order chi connectivity index (χ1) is 13.0. The van der Waals surface area contributed by atoms with Gasteiger partial charge < -0.3 is 18.9 Å². The fourth-order valence-electron chi connectivity index (χ4n) is 2.41. The Morgan fingerprint density at radius 1 is 0.630 bits per heavy atom. The molecule has 0 aliphatic carbocycles. The quantitative estimate of drug-likeness (QED) is 0.184. The molecule has 0 saturated heterocycles. The zero-order chi connectivity index (χ0) is 20.3. The van der Waals surface area contributed by atoms with E-state index < -0.39 is 12.6 Å². The Kier molecular flexibility index (Phi) is 17.5. The fourth-order valence-corrected chi connectivity index (χ4v) is 2.41. The molecule has 0 aromatic rings. The van der Waals surface area contributed by atoms with Crippen molar-refractivity contribution in [3.05, 3.63) is 0 Å². The van der Waals surface area contributed by atoms with Crippen LogP contribution in [0, 0.1) is 0 Å². The predicted octanol–water partition coefficient (Wildman–Crippen LogP) is 5.13. The summed E-state index contributed by atoms with van der Waals surface area (Å²) in [4.78, 5) is 23.4. The highest BCUT2D eigenvalue weighted by Gasteiger charge is 2.10. The first kappa shape index (κ1) is 25.9. The Hall–Kier alpha value is -1.14. The van der Waals surface area contributed by atoms with Gasteiger partial charge in [-0.15, -0.1) is 0 Å². The summed E-state index contributed by atoms with van der Waals surface area (Å²) in [5.41, 5.74) is 0. The normalized spacial score (nSPS) is 13.2. The molecule has 0 saturated carbocycles. The third-order valence-electron chi connectivity index (χ3n) is 4.06. The lowest BCUT2D eigenvalue weighted by Gasteiger charge is -2.14. The Morgan fingerprint density at radius 2 is 1.00 bits per heavy atom. The molecular weight excluding hydrogens is 348 g/mol. The number of esters is 2. The SMILES string of the molecule is CCCCOC(C)OC(=O)CCCCCCCC(=O)OC(C)OCCCC. The van der Waals surface area contributed by atoms with Crippen molar-refractivity contribution in [3.8, 4) is 0 Å². The molecule has 0 fully saturated rings. The van der Waals surface area contributed by atoms with Crippen LogP contribution in [0.15, 0.2) is 0 Å². The molecule has 0 N–H and O–H groups in total. The van der Waals surface area contributed by atoms with Gasteiger partial charge >= 0.3 is 11.9 Å². The van der Waals surface area contributed by atoms with Crippen molar-refractivity contribution in [3.63, 3.8) is 0 Å². The van der Waals surface area contributed by atoms with Gasteiger partial charge in [-0.25, -0.2) is 0 Å². The van der Waals surface area contributed by atoms with Crippen LogP contribution in [0.4, 0.5) is 0 Å². The molecule has 2 unspecified atom stereocenters. The van der Waals surface area contributed by atoms with Gasteiger partial charge in [-0.2, -0.15) is 0 Å². The lowest BCUT2D eigenvalue weighted by molar-refractivity contribution is -0.176. The van der Waals surface area contributed by atoms with Gasteiger partial charge in [0.2, 0.25) is 0 Å². The Balaban J connectivity index is 3.50. The molecule has 2 atom stereocenters. The fraction of sp³-hybridized carbons (Fsp3) is 0.905. The molecule has 27 heavy (non-hydrogen) atoms. The van der Waals surface area contributed by atoms with E-state index in [0.29, 0.717) is 26.1 Å². The molecule has 0 aliphatic heterocycles. The summed E-state index contributed by atoms with van der Waals surface area (Å²) in [6.45, 7) is 8.93. The molecule has 0 rings (SSSR count). The number of carbonyl (C=O) groups excluding carboxylic acids is 2. The molecule has 160 valence electrons. The Labute approximate surface area is 165 Å². The third kappa shape index (κ3) is 18.0. The molecule has 0 bridgehead atoms. The van der Waals surface area contributed by atoms with Gasteiger partial charge in [0.25, 0.3) is 0 Å². The number of hydrogen-bond acceptors (Lipinski definition) is 6. The van der Waals surface area contributed by atoms with Crippen LogP contribution in [0.1, 0.15) is 98.3 Å². The molecule has 0 heterocycles. The number of carbonyl (C=O) groups is 2. The minimum Gasteiger partial charge on any atom is -0.436 e. The van der Waals surface area contributed by atoms with Gasteiger partial charge in [-0.3, -0.25) is 9.59 Å². The van der Waals surface area contributed by atoms with Crippen molar-refractivity contribution >= 4 is 11.9 Å². The summed E-state index contributed by atoms with van der Waals surface area (Å²) in [7, 11) is 0. The van der Waals surface area contributed by atoms with Crippen LogP contribution in [-0.2, 0) is 28.5 Å². The standard InChI is InChI=1S/C21H40O6/c1-5-7-16-24-18(3)26-20(22)14-12-10-9-11-13-15-21(23)27-19(4)25-17-8-6-2/h18-19H,5-17H2,1-4H3. The highest BCUT2D eigenvalue weighted by molar-refractivity contribution is 5.69. The van der Waals surface area contributed by atoms with Gasteiger partial charge in [0.05, 0.1) is 13.2 Å².